The van der Waals surface area contributed by atoms with E-state index in [-0.39, 0.29) is 11.5 Å². The van der Waals surface area contributed by atoms with E-state index < -0.39 is 0 Å². The fourth-order valence-corrected chi connectivity index (χ4v) is 3.51. The largest absolute Gasteiger partial charge is 0.457 e. The molecule has 2 aromatic heterocycles. The van der Waals surface area contributed by atoms with E-state index in [1.807, 2.05) is 48.9 Å². The number of hydrogen-bond donors (Lipinski definition) is 1. The molecule has 0 atom stereocenters. The second kappa shape index (κ2) is 7.31. The van der Waals surface area contributed by atoms with Crippen LogP contribution in [0.5, 0.6) is 11.5 Å². The molecule has 4 rings (SSSR count). The average Bonchev–Trinajstić information content (AvgIpc) is 3.06. The van der Waals surface area contributed by atoms with Gasteiger partial charge in [-0.1, -0.05) is 18.2 Å². The van der Waals surface area contributed by atoms with E-state index in [0.29, 0.717) is 22.4 Å². The number of hydrogen-bond acceptors (Lipinski definition) is 3. The molecular formula is C23H21N3O3. The van der Waals surface area contributed by atoms with Crippen LogP contribution in [-0.2, 0) is 14.1 Å². The highest BCUT2D eigenvalue weighted by Crippen LogP contribution is 2.24. The van der Waals surface area contributed by atoms with Crippen LogP contribution in [0, 0.1) is 6.92 Å². The summed E-state index contributed by atoms with van der Waals surface area (Å²) in [5.74, 6) is 1.09. The highest BCUT2D eigenvalue weighted by atomic mass is 16.5. The smallest absolute Gasteiger partial charge is 0.260 e. The van der Waals surface area contributed by atoms with Crippen molar-refractivity contribution in [3.8, 4) is 11.5 Å². The molecular weight excluding hydrogens is 366 g/mol. The number of aryl methyl sites for hydroxylation is 3. The Morgan fingerprint density at radius 1 is 0.897 bits per heavy atom. The number of anilines is 1. The molecule has 0 saturated heterocycles. The maximum Gasteiger partial charge on any atom is 0.260 e. The average molecular weight is 387 g/mol. The maximum absolute atomic E-state index is 12.9. The number of carbonyl (C=O) groups excluding carboxylic acids is 1. The SMILES string of the molecule is Cc1cn(C)c(=O)c2c(C(=O)Nc3ccc(Oc4ccccc4)cc3)cn(C)c12. The number of nitrogens with zero attached hydrogens (tertiary/aromatic N) is 2. The molecule has 0 spiro atoms. The van der Waals surface area contributed by atoms with Crippen molar-refractivity contribution in [1.29, 1.82) is 0 Å². The monoisotopic (exact) mass is 387 g/mol. The Hall–Kier alpha value is -3.80. The van der Waals surface area contributed by atoms with Gasteiger partial charge in [0.1, 0.15) is 11.5 Å². The molecule has 6 nitrogen and oxygen atoms in total. The summed E-state index contributed by atoms with van der Waals surface area (Å²) in [7, 11) is 3.52. The topological polar surface area (TPSA) is 65.3 Å². The summed E-state index contributed by atoms with van der Waals surface area (Å²) < 4.78 is 9.09. The maximum atomic E-state index is 12.9. The lowest BCUT2D eigenvalue weighted by molar-refractivity contribution is 0.102. The fourth-order valence-electron chi connectivity index (χ4n) is 3.51. The minimum Gasteiger partial charge on any atom is -0.457 e. The molecule has 0 fully saturated rings. The molecule has 0 bridgehead atoms. The first-order valence-electron chi connectivity index (χ1n) is 9.23. The van der Waals surface area contributed by atoms with Crippen LogP contribution in [0.15, 0.2) is 71.8 Å². The molecule has 0 radical (unpaired) electrons. The summed E-state index contributed by atoms with van der Waals surface area (Å²) in [6.45, 7) is 1.93. The Balaban J connectivity index is 1.59. The van der Waals surface area contributed by atoms with E-state index in [4.69, 9.17) is 4.74 Å². The standard InChI is InChI=1S/C23H21N3O3/c1-15-13-26(3)23(28)20-19(14-25(2)21(15)20)22(27)24-16-9-11-18(12-10-16)29-17-7-5-4-6-8-17/h4-14H,1-3H3,(H,24,27). The molecule has 2 heterocycles. The zero-order valence-corrected chi connectivity index (χ0v) is 16.5. The van der Waals surface area contributed by atoms with E-state index in [1.54, 1.807) is 43.7 Å². The number of nitrogens with one attached hydrogen (secondary N) is 1. The van der Waals surface area contributed by atoms with Crippen molar-refractivity contribution in [2.45, 2.75) is 6.92 Å². The summed E-state index contributed by atoms with van der Waals surface area (Å²) in [5.41, 5.74) is 2.49. The van der Waals surface area contributed by atoms with Crippen LogP contribution in [-0.4, -0.2) is 15.0 Å². The Bertz CT molecular complexity index is 1250. The number of pyridine rings is 1. The molecule has 2 aromatic carbocycles. The summed E-state index contributed by atoms with van der Waals surface area (Å²) in [4.78, 5) is 25.5. The third kappa shape index (κ3) is 3.52. The van der Waals surface area contributed by atoms with Crippen molar-refractivity contribution in [2.75, 3.05) is 5.32 Å². The zero-order valence-electron chi connectivity index (χ0n) is 16.5. The second-order valence-corrected chi connectivity index (χ2v) is 7.00. The van der Waals surface area contributed by atoms with Crippen molar-refractivity contribution in [2.24, 2.45) is 14.1 Å². The molecule has 1 amide bonds. The third-order valence-electron chi connectivity index (χ3n) is 4.81. The van der Waals surface area contributed by atoms with Gasteiger partial charge in [0.2, 0.25) is 0 Å². The quantitative estimate of drug-likeness (QED) is 0.570. The minimum atomic E-state index is -0.324. The summed E-state index contributed by atoms with van der Waals surface area (Å²) in [6, 6.07) is 16.6. The Labute approximate surface area is 168 Å². The van der Waals surface area contributed by atoms with Gasteiger partial charge in [-0.2, -0.15) is 0 Å². The van der Waals surface area contributed by atoms with Gasteiger partial charge >= 0.3 is 0 Å². The molecule has 29 heavy (non-hydrogen) atoms. The molecule has 4 aromatic rings. The highest BCUT2D eigenvalue weighted by molar-refractivity contribution is 6.13. The highest BCUT2D eigenvalue weighted by Gasteiger charge is 2.19. The number of para-hydroxylation sites is 1. The lowest BCUT2D eigenvalue weighted by atomic mass is 10.1. The molecule has 1 N–H and O–H groups in total. The van der Waals surface area contributed by atoms with Gasteiger partial charge < -0.3 is 19.2 Å². The van der Waals surface area contributed by atoms with Gasteiger partial charge in [0.15, 0.2) is 0 Å². The van der Waals surface area contributed by atoms with E-state index in [0.717, 1.165) is 16.8 Å². The lowest BCUT2D eigenvalue weighted by Gasteiger charge is -2.08. The van der Waals surface area contributed by atoms with Gasteiger partial charge in [-0.3, -0.25) is 9.59 Å². The molecule has 0 aliphatic rings. The van der Waals surface area contributed by atoms with Gasteiger partial charge in [-0.25, -0.2) is 0 Å². The van der Waals surface area contributed by atoms with Crippen LogP contribution in [0.3, 0.4) is 0 Å². The minimum absolute atomic E-state index is 0.192. The Kier molecular flexibility index (Phi) is 4.68. The van der Waals surface area contributed by atoms with Gasteiger partial charge in [0, 0.05) is 32.2 Å². The first-order valence-corrected chi connectivity index (χ1v) is 9.23. The Morgan fingerprint density at radius 2 is 1.55 bits per heavy atom. The first kappa shape index (κ1) is 18.6. The van der Waals surface area contributed by atoms with Crippen LogP contribution in [0.25, 0.3) is 10.9 Å². The summed E-state index contributed by atoms with van der Waals surface area (Å²) >= 11 is 0. The van der Waals surface area contributed by atoms with Crippen LogP contribution in [0.4, 0.5) is 5.69 Å². The van der Waals surface area contributed by atoms with Gasteiger partial charge in [-0.15, -0.1) is 0 Å². The fraction of sp³-hybridized carbons (Fsp3) is 0.130. The van der Waals surface area contributed by atoms with Crippen molar-refractivity contribution in [3.63, 3.8) is 0 Å². The molecule has 6 heteroatoms. The number of amides is 1. The number of carbonyl (C=O) groups is 1. The van der Waals surface area contributed by atoms with Crippen LogP contribution < -0.4 is 15.6 Å². The molecule has 0 aliphatic heterocycles. The zero-order chi connectivity index (χ0) is 20.5. The third-order valence-corrected chi connectivity index (χ3v) is 4.81. The van der Waals surface area contributed by atoms with Crippen molar-refractivity contribution < 1.29 is 9.53 Å². The van der Waals surface area contributed by atoms with Gasteiger partial charge in [-0.05, 0) is 48.9 Å². The number of ether oxygens (including phenoxy) is 1. The van der Waals surface area contributed by atoms with Crippen molar-refractivity contribution in [1.82, 2.24) is 9.13 Å². The van der Waals surface area contributed by atoms with E-state index in [9.17, 15) is 9.59 Å². The predicted octanol–water partition coefficient (Wildman–Crippen LogP) is 4.23. The van der Waals surface area contributed by atoms with Crippen LogP contribution in [0.1, 0.15) is 15.9 Å². The number of fused-ring (bicyclic) bond motifs is 1. The number of aromatic nitrogens is 2. The normalized spacial score (nSPS) is 10.9. The molecule has 0 saturated carbocycles. The van der Waals surface area contributed by atoms with Gasteiger partial charge in [0.05, 0.1) is 16.5 Å². The number of rotatable bonds is 4. The van der Waals surface area contributed by atoms with E-state index in [1.165, 1.54) is 4.57 Å². The summed E-state index contributed by atoms with van der Waals surface area (Å²) in [6.07, 6.45) is 3.47. The van der Waals surface area contributed by atoms with Crippen molar-refractivity contribution in [3.05, 3.63) is 88.5 Å². The molecule has 0 aliphatic carbocycles. The molecule has 0 unspecified atom stereocenters. The second-order valence-electron chi connectivity index (χ2n) is 7.00. The number of benzene rings is 2. The Morgan fingerprint density at radius 3 is 2.24 bits per heavy atom. The summed E-state index contributed by atoms with van der Waals surface area (Å²) in [5, 5.41) is 3.29. The first-order chi connectivity index (χ1) is 13.9. The molecule has 146 valence electrons. The predicted molar refractivity (Wildman–Crippen MR) is 114 cm³/mol. The van der Waals surface area contributed by atoms with Crippen molar-refractivity contribution >= 4 is 22.5 Å². The lowest BCUT2D eigenvalue weighted by Crippen LogP contribution is -2.20. The van der Waals surface area contributed by atoms with E-state index >= 15 is 0 Å². The van der Waals surface area contributed by atoms with Gasteiger partial charge in [0.25, 0.3) is 11.5 Å². The van der Waals surface area contributed by atoms with Crippen LogP contribution in [0.2, 0.25) is 0 Å². The van der Waals surface area contributed by atoms with E-state index in [2.05, 4.69) is 5.32 Å². The van der Waals surface area contributed by atoms with Crippen LogP contribution >= 0.6 is 0 Å².